The molecule has 0 saturated heterocycles. The third-order valence-corrected chi connectivity index (χ3v) is 5.04. The number of amides is 1. The molecule has 0 unspecified atom stereocenters. The highest BCUT2D eigenvalue weighted by atomic mass is 16.5. The molecule has 7 heteroatoms. The van der Waals surface area contributed by atoms with Crippen molar-refractivity contribution in [2.45, 2.75) is 6.42 Å². The zero-order valence-corrected chi connectivity index (χ0v) is 19.6. The first-order valence-electron chi connectivity index (χ1n) is 11.2. The number of benzene rings is 3. The monoisotopic (exact) mass is 475 g/mol. The Morgan fingerprint density at radius 1 is 0.829 bits per heavy atom. The molecule has 1 amide bonds. The van der Waals surface area contributed by atoms with Gasteiger partial charge in [0.2, 0.25) is 0 Å². The molecular weight excluding hydrogens is 446 g/mol. The number of aliphatic carboxylic acids is 1. The molecule has 0 aliphatic rings. The maximum absolute atomic E-state index is 12.5. The van der Waals surface area contributed by atoms with Crippen LogP contribution in [0.4, 0.5) is 0 Å². The Bertz CT molecular complexity index is 1110. The summed E-state index contributed by atoms with van der Waals surface area (Å²) in [4.78, 5) is 25.0. The number of carboxylic acids is 1. The van der Waals surface area contributed by atoms with Gasteiger partial charge in [-0.25, -0.2) is 4.79 Å². The van der Waals surface area contributed by atoms with Crippen LogP contribution in [0.1, 0.15) is 11.1 Å². The minimum absolute atomic E-state index is 0.166. The van der Waals surface area contributed by atoms with Crippen molar-refractivity contribution in [1.82, 2.24) is 4.90 Å². The Labute approximate surface area is 205 Å². The highest BCUT2D eigenvalue weighted by molar-refractivity contribution is 5.77. The summed E-state index contributed by atoms with van der Waals surface area (Å²) in [6, 6.07) is 24.5. The lowest BCUT2D eigenvalue weighted by molar-refractivity contribution is -0.139. The standard InChI is InChI=1S/C28H29NO6/c1-29(15-14-23-11-6-3-7-12-23)27(30)20-34-25-17-24(18-26(19-25)35-21-28(31)32)33-16-8-13-22-9-4-2-5-10-22/h2-13,17-19H,14-16,20-21H2,1H3,(H,31,32). The second-order valence-corrected chi connectivity index (χ2v) is 7.79. The molecule has 3 aromatic rings. The molecule has 0 aliphatic carbocycles. The van der Waals surface area contributed by atoms with Gasteiger partial charge in [-0.2, -0.15) is 0 Å². The number of hydrogen-bond donors (Lipinski definition) is 1. The minimum atomic E-state index is -1.10. The number of likely N-dealkylation sites (N-methyl/N-ethyl adjacent to an activating group) is 1. The average Bonchev–Trinajstić information content (AvgIpc) is 2.88. The molecule has 0 aromatic heterocycles. The SMILES string of the molecule is CN(CCc1ccccc1)C(=O)COc1cc(OCC=Cc2ccccc2)cc(OCC(=O)O)c1. The van der Waals surface area contributed by atoms with Crippen LogP contribution >= 0.6 is 0 Å². The summed E-state index contributed by atoms with van der Waals surface area (Å²) >= 11 is 0. The number of rotatable bonds is 13. The predicted octanol–water partition coefficient (Wildman–Crippen LogP) is 4.32. The Morgan fingerprint density at radius 2 is 1.40 bits per heavy atom. The molecule has 3 rings (SSSR count). The van der Waals surface area contributed by atoms with E-state index in [0.717, 1.165) is 17.5 Å². The largest absolute Gasteiger partial charge is 0.489 e. The van der Waals surface area contributed by atoms with Crippen LogP contribution in [0.25, 0.3) is 6.08 Å². The summed E-state index contributed by atoms with van der Waals surface area (Å²) in [6.45, 7) is 0.187. The van der Waals surface area contributed by atoms with Crippen molar-refractivity contribution in [2.75, 3.05) is 33.4 Å². The molecule has 0 heterocycles. The van der Waals surface area contributed by atoms with Gasteiger partial charge in [0.05, 0.1) is 0 Å². The number of nitrogens with zero attached hydrogens (tertiary/aromatic N) is 1. The highest BCUT2D eigenvalue weighted by Crippen LogP contribution is 2.28. The lowest BCUT2D eigenvalue weighted by Gasteiger charge is -2.18. The molecule has 182 valence electrons. The Hall–Kier alpha value is -4.26. The summed E-state index contributed by atoms with van der Waals surface area (Å²) in [5, 5.41) is 8.92. The summed E-state index contributed by atoms with van der Waals surface area (Å²) < 4.78 is 16.7. The highest BCUT2D eigenvalue weighted by Gasteiger charge is 2.12. The lowest BCUT2D eigenvalue weighted by Crippen LogP contribution is -2.33. The van der Waals surface area contributed by atoms with E-state index in [1.54, 1.807) is 24.1 Å². The molecule has 0 bridgehead atoms. The molecule has 0 spiro atoms. The molecule has 0 saturated carbocycles. The van der Waals surface area contributed by atoms with Gasteiger partial charge in [0.15, 0.2) is 13.2 Å². The van der Waals surface area contributed by atoms with Gasteiger partial charge in [0, 0.05) is 31.8 Å². The number of hydrogen-bond acceptors (Lipinski definition) is 5. The number of ether oxygens (including phenoxy) is 3. The Balaban J connectivity index is 1.57. The van der Waals surface area contributed by atoms with E-state index in [2.05, 4.69) is 0 Å². The van der Waals surface area contributed by atoms with E-state index in [0.29, 0.717) is 18.0 Å². The van der Waals surface area contributed by atoms with Gasteiger partial charge in [0.25, 0.3) is 5.91 Å². The van der Waals surface area contributed by atoms with Crippen LogP contribution in [0.15, 0.2) is 84.9 Å². The van der Waals surface area contributed by atoms with Crippen molar-refractivity contribution in [2.24, 2.45) is 0 Å². The summed E-state index contributed by atoms with van der Waals surface area (Å²) in [5.41, 5.74) is 2.20. The molecule has 3 aromatic carbocycles. The van der Waals surface area contributed by atoms with Gasteiger partial charge in [-0.3, -0.25) is 4.79 Å². The third-order valence-electron chi connectivity index (χ3n) is 5.04. The van der Waals surface area contributed by atoms with Gasteiger partial charge >= 0.3 is 5.97 Å². The van der Waals surface area contributed by atoms with Crippen molar-refractivity contribution in [3.05, 3.63) is 96.1 Å². The maximum Gasteiger partial charge on any atom is 0.341 e. The summed E-state index contributed by atoms with van der Waals surface area (Å²) in [5.74, 6) is -0.215. The van der Waals surface area contributed by atoms with Crippen LogP contribution in [-0.2, 0) is 16.0 Å². The van der Waals surface area contributed by atoms with E-state index in [9.17, 15) is 9.59 Å². The lowest BCUT2D eigenvalue weighted by atomic mass is 10.1. The van der Waals surface area contributed by atoms with E-state index in [4.69, 9.17) is 19.3 Å². The fourth-order valence-corrected chi connectivity index (χ4v) is 3.15. The van der Waals surface area contributed by atoms with Gasteiger partial charge < -0.3 is 24.2 Å². The number of carboxylic acid groups (broad SMARTS) is 1. The number of carbonyl (C=O) groups is 2. The molecule has 0 fully saturated rings. The van der Waals surface area contributed by atoms with Crippen molar-refractivity contribution in [1.29, 1.82) is 0 Å². The second kappa shape index (κ2) is 13.4. The Morgan fingerprint density at radius 3 is 2.03 bits per heavy atom. The zero-order chi connectivity index (χ0) is 24.9. The number of carbonyl (C=O) groups excluding carboxylic acids is 1. The van der Waals surface area contributed by atoms with E-state index < -0.39 is 12.6 Å². The molecule has 0 radical (unpaired) electrons. The molecular formula is C28H29NO6. The van der Waals surface area contributed by atoms with Crippen molar-refractivity contribution in [3.8, 4) is 17.2 Å². The molecule has 0 aliphatic heterocycles. The first-order chi connectivity index (χ1) is 17.0. The smallest absolute Gasteiger partial charge is 0.341 e. The van der Waals surface area contributed by atoms with Gasteiger partial charge in [-0.1, -0.05) is 66.7 Å². The van der Waals surface area contributed by atoms with E-state index in [1.807, 2.05) is 72.8 Å². The van der Waals surface area contributed by atoms with Crippen LogP contribution in [0.3, 0.4) is 0 Å². The predicted molar refractivity (Wildman–Crippen MR) is 134 cm³/mol. The third kappa shape index (κ3) is 9.25. The topological polar surface area (TPSA) is 85.3 Å². The van der Waals surface area contributed by atoms with Gasteiger partial charge in [-0.15, -0.1) is 0 Å². The molecule has 1 N–H and O–H groups in total. The van der Waals surface area contributed by atoms with E-state index in [1.165, 1.54) is 6.07 Å². The minimum Gasteiger partial charge on any atom is -0.489 e. The van der Waals surface area contributed by atoms with Crippen LogP contribution in [0, 0.1) is 0 Å². The van der Waals surface area contributed by atoms with Crippen molar-refractivity contribution in [3.63, 3.8) is 0 Å². The van der Waals surface area contributed by atoms with Crippen molar-refractivity contribution >= 4 is 18.0 Å². The van der Waals surface area contributed by atoms with Crippen molar-refractivity contribution < 1.29 is 28.9 Å². The normalized spacial score (nSPS) is 10.7. The average molecular weight is 476 g/mol. The summed E-state index contributed by atoms with van der Waals surface area (Å²) in [6.07, 6.45) is 4.55. The quantitative estimate of drug-likeness (QED) is 0.396. The fraction of sp³-hybridized carbons (Fsp3) is 0.214. The van der Waals surface area contributed by atoms with Gasteiger partial charge in [-0.05, 0) is 23.6 Å². The van der Waals surface area contributed by atoms with Crippen LogP contribution in [-0.4, -0.2) is 55.3 Å². The van der Waals surface area contributed by atoms with Crippen LogP contribution in [0.5, 0.6) is 17.2 Å². The molecule has 7 nitrogen and oxygen atoms in total. The first-order valence-corrected chi connectivity index (χ1v) is 11.2. The Kier molecular flexibility index (Phi) is 9.75. The second-order valence-electron chi connectivity index (χ2n) is 7.79. The fourth-order valence-electron chi connectivity index (χ4n) is 3.15. The summed E-state index contributed by atoms with van der Waals surface area (Å²) in [7, 11) is 1.73. The zero-order valence-electron chi connectivity index (χ0n) is 19.6. The maximum atomic E-state index is 12.5. The van der Waals surface area contributed by atoms with E-state index >= 15 is 0 Å². The van der Waals surface area contributed by atoms with Crippen LogP contribution in [0.2, 0.25) is 0 Å². The van der Waals surface area contributed by atoms with E-state index in [-0.39, 0.29) is 24.9 Å². The molecule has 0 atom stereocenters. The molecule has 35 heavy (non-hydrogen) atoms. The van der Waals surface area contributed by atoms with Gasteiger partial charge in [0.1, 0.15) is 23.9 Å². The van der Waals surface area contributed by atoms with Crippen LogP contribution < -0.4 is 14.2 Å². The first kappa shape index (κ1) is 25.4.